The molecule has 1 heterocycles. The van der Waals surface area contributed by atoms with Crippen molar-refractivity contribution in [1.29, 1.82) is 0 Å². The second-order valence-corrected chi connectivity index (χ2v) is 4.90. The van der Waals surface area contributed by atoms with Crippen LogP contribution in [0.3, 0.4) is 0 Å². The number of tetrazole rings is 1. The summed E-state index contributed by atoms with van der Waals surface area (Å²) in [5.74, 6) is 0.600. The van der Waals surface area contributed by atoms with E-state index in [1.165, 1.54) is 0 Å². The molecule has 0 aliphatic carbocycles. The Bertz CT molecular complexity index is 766. The third-order valence-corrected chi connectivity index (χ3v) is 3.25. The number of rotatable bonds is 2. The van der Waals surface area contributed by atoms with Gasteiger partial charge in [0, 0.05) is 11.3 Å². The van der Waals surface area contributed by atoms with Crippen LogP contribution in [0.25, 0.3) is 17.1 Å². The SMILES string of the molecule is Cc1ccc(-n2nnnc2-c2cccc(N)c2)c(Cl)c1. The molecule has 0 amide bonds. The molecule has 2 N–H and O–H groups in total. The van der Waals surface area contributed by atoms with Gasteiger partial charge in [0.2, 0.25) is 0 Å². The third kappa shape index (κ3) is 2.23. The fourth-order valence-corrected chi connectivity index (χ4v) is 2.31. The summed E-state index contributed by atoms with van der Waals surface area (Å²) in [7, 11) is 0. The van der Waals surface area contributed by atoms with Crippen molar-refractivity contribution >= 4 is 17.3 Å². The van der Waals surface area contributed by atoms with E-state index in [1.54, 1.807) is 4.68 Å². The Morgan fingerprint density at radius 1 is 1.15 bits per heavy atom. The number of hydrogen-bond acceptors (Lipinski definition) is 4. The lowest BCUT2D eigenvalue weighted by Gasteiger charge is -2.07. The molecule has 0 spiro atoms. The molecule has 0 atom stereocenters. The smallest absolute Gasteiger partial charge is 0.187 e. The second-order valence-electron chi connectivity index (χ2n) is 4.49. The van der Waals surface area contributed by atoms with Crippen LogP contribution >= 0.6 is 11.6 Å². The molecule has 0 radical (unpaired) electrons. The monoisotopic (exact) mass is 285 g/mol. The lowest BCUT2D eigenvalue weighted by atomic mass is 10.2. The molecule has 3 rings (SSSR count). The summed E-state index contributed by atoms with van der Waals surface area (Å²) in [6, 6.07) is 13.1. The van der Waals surface area contributed by atoms with Gasteiger partial charge in [-0.1, -0.05) is 29.8 Å². The second kappa shape index (κ2) is 4.94. The molecule has 0 aliphatic rings. The Labute approximate surface area is 121 Å². The van der Waals surface area contributed by atoms with Crippen molar-refractivity contribution in [2.24, 2.45) is 0 Å². The first-order valence-corrected chi connectivity index (χ1v) is 6.44. The topological polar surface area (TPSA) is 69.6 Å². The summed E-state index contributed by atoms with van der Waals surface area (Å²) in [5, 5.41) is 12.4. The minimum Gasteiger partial charge on any atom is -0.399 e. The quantitative estimate of drug-likeness (QED) is 0.735. The summed E-state index contributed by atoms with van der Waals surface area (Å²) in [4.78, 5) is 0. The van der Waals surface area contributed by atoms with Crippen molar-refractivity contribution in [2.75, 3.05) is 5.73 Å². The van der Waals surface area contributed by atoms with Gasteiger partial charge in [0.1, 0.15) is 0 Å². The molecular weight excluding hydrogens is 274 g/mol. The fraction of sp³-hybridized carbons (Fsp3) is 0.0714. The lowest BCUT2D eigenvalue weighted by molar-refractivity contribution is 0.791. The first-order valence-electron chi connectivity index (χ1n) is 6.06. The maximum atomic E-state index is 6.27. The van der Waals surface area contributed by atoms with Crippen LogP contribution in [0.1, 0.15) is 5.56 Å². The number of nitrogens with two attached hydrogens (primary N) is 1. The third-order valence-electron chi connectivity index (χ3n) is 2.95. The van der Waals surface area contributed by atoms with E-state index >= 15 is 0 Å². The molecule has 0 bridgehead atoms. The van der Waals surface area contributed by atoms with Crippen LogP contribution < -0.4 is 5.73 Å². The van der Waals surface area contributed by atoms with Crippen molar-refractivity contribution in [3.63, 3.8) is 0 Å². The molecule has 1 aromatic heterocycles. The van der Waals surface area contributed by atoms with Gasteiger partial charge >= 0.3 is 0 Å². The van der Waals surface area contributed by atoms with E-state index in [0.29, 0.717) is 16.5 Å². The van der Waals surface area contributed by atoms with Crippen LogP contribution in [0.5, 0.6) is 0 Å². The average molecular weight is 286 g/mol. The maximum absolute atomic E-state index is 6.27. The Balaban J connectivity index is 2.15. The number of nitrogen functional groups attached to an aromatic ring is 1. The van der Waals surface area contributed by atoms with Crippen molar-refractivity contribution in [1.82, 2.24) is 20.2 Å². The normalized spacial score (nSPS) is 10.7. The highest BCUT2D eigenvalue weighted by molar-refractivity contribution is 6.32. The highest BCUT2D eigenvalue weighted by Gasteiger charge is 2.13. The number of aryl methyl sites for hydroxylation is 1. The first kappa shape index (κ1) is 12.6. The highest BCUT2D eigenvalue weighted by atomic mass is 35.5. The molecule has 20 heavy (non-hydrogen) atoms. The first-order chi connectivity index (χ1) is 9.65. The van der Waals surface area contributed by atoms with Gasteiger partial charge in [-0.25, -0.2) is 0 Å². The van der Waals surface area contributed by atoms with Crippen molar-refractivity contribution in [3.05, 3.63) is 53.1 Å². The van der Waals surface area contributed by atoms with Crippen LogP contribution in [0.4, 0.5) is 5.69 Å². The van der Waals surface area contributed by atoms with Crippen molar-refractivity contribution in [3.8, 4) is 17.1 Å². The lowest BCUT2D eigenvalue weighted by Crippen LogP contribution is -2.01. The van der Waals surface area contributed by atoms with Gasteiger partial charge in [0.05, 0.1) is 10.7 Å². The molecule has 0 aliphatic heterocycles. The molecule has 0 saturated carbocycles. The van der Waals surface area contributed by atoms with Gasteiger partial charge in [-0.2, -0.15) is 4.68 Å². The van der Waals surface area contributed by atoms with Gasteiger partial charge in [0.15, 0.2) is 5.82 Å². The van der Waals surface area contributed by atoms with E-state index < -0.39 is 0 Å². The Morgan fingerprint density at radius 3 is 2.75 bits per heavy atom. The Hall–Kier alpha value is -2.40. The molecule has 0 unspecified atom stereocenters. The number of hydrogen-bond donors (Lipinski definition) is 1. The zero-order valence-corrected chi connectivity index (χ0v) is 11.5. The van der Waals surface area contributed by atoms with E-state index in [9.17, 15) is 0 Å². The van der Waals surface area contributed by atoms with E-state index in [0.717, 1.165) is 16.8 Å². The number of nitrogens with zero attached hydrogens (tertiary/aromatic N) is 4. The van der Waals surface area contributed by atoms with Gasteiger partial charge in [-0.15, -0.1) is 5.10 Å². The van der Waals surface area contributed by atoms with E-state index in [2.05, 4.69) is 15.5 Å². The Kier molecular flexibility index (Phi) is 3.12. The zero-order valence-electron chi connectivity index (χ0n) is 10.8. The molecule has 3 aromatic rings. The minimum absolute atomic E-state index is 0.599. The van der Waals surface area contributed by atoms with Crippen molar-refractivity contribution in [2.45, 2.75) is 6.92 Å². The maximum Gasteiger partial charge on any atom is 0.187 e. The van der Waals surface area contributed by atoms with Gasteiger partial charge in [0.25, 0.3) is 0 Å². The predicted molar refractivity (Wildman–Crippen MR) is 78.7 cm³/mol. The standard InChI is InChI=1S/C14H12ClN5/c1-9-5-6-13(12(15)7-9)20-14(17-18-19-20)10-3-2-4-11(16)8-10/h2-8H,16H2,1H3. The minimum atomic E-state index is 0.599. The summed E-state index contributed by atoms with van der Waals surface area (Å²) in [6.45, 7) is 1.98. The van der Waals surface area contributed by atoms with Crippen LogP contribution in [-0.2, 0) is 0 Å². The van der Waals surface area contributed by atoms with Gasteiger partial charge < -0.3 is 5.73 Å². The van der Waals surface area contributed by atoms with Crippen LogP contribution in [-0.4, -0.2) is 20.2 Å². The summed E-state index contributed by atoms with van der Waals surface area (Å²) < 4.78 is 1.61. The molecule has 5 nitrogen and oxygen atoms in total. The molecule has 0 saturated heterocycles. The van der Waals surface area contributed by atoms with Crippen LogP contribution in [0, 0.1) is 6.92 Å². The van der Waals surface area contributed by atoms with Crippen LogP contribution in [0.15, 0.2) is 42.5 Å². The highest BCUT2D eigenvalue weighted by Crippen LogP contribution is 2.26. The Morgan fingerprint density at radius 2 is 2.00 bits per heavy atom. The zero-order chi connectivity index (χ0) is 14.1. The van der Waals surface area contributed by atoms with E-state index in [-0.39, 0.29) is 0 Å². The molecule has 2 aromatic carbocycles. The number of benzene rings is 2. The number of halogens is 1. The molecule has 0 fully saturated rings. The van der Waals surface area contributed by atoms with E-state index in [4.69, 9.17) is 17.3 Å². The number of aromatic nitrogens is 4. The summed E-state index contributed by atoms with van der Waals surface area (Å²) in [6.07, 6.45) is 0. The largest absolute Gasteiger partial charge is 0.399 e. The summed E-state index contributed by atoms with van der Waals surface area (Å²) >= 11 is 6.27. The van der Waals surface area contributed by atoms with Crippen molar-refractivity contribution < 1.29 is 0 Å². The molecular formula is C14H12ClN5. The number of anilines is 1. The summed E-state index contributed by atoms with van der Waals surface area (Å²) in [5.41, 5.74) is 9.11. The van der Waals surface area contributed by atoms with Gasteiger partial charge in [-0.05, 0) is 47.2 Å². The average Bonchev–Trinajstić information content (AvgIpc) is 2.87. The predicted octanol–water partition coefficient (Wildman–Crippen LogP) is 2.87. The fourth-order valence-electron chi connectivity index (χ4n) is 1.99. The molecule has 100 valence electrons. The van der Waals surface area contributed by atoms with Gasteiger partial charge in [-0.3, -0.25) is 0 Å². The van der Waals surface area contributed by atoms with E-state index in [1.807, 2.05) is 49.4 Å². The molecule has 6 heteroatoms. The van der Waals surface area contributed by atoms with Crippen LogP contribution in [0.2, 0.25) is 5.02 Å².